The maximum atomic E-state index is 12.0. The highest BCUT2D eigenvalue weighted by atomic mass is 16.5. The lowest BCUT2D eigenvalue weighted by Crippen LogP contribution is -2.52. The molecule has 1 unspecified atom stereocenters. The molecule has 2 aliphatic rings. The fourth-order valence-corrected chi connectivity index (χ4v) is 2.79. The fraction of sp³-hybridized carbons (Fsp3) is 0.769. The molecular formula is C13H19N3O4. The van der Waals surface area contributed by atoms with E-state index in [1.807, 2.05) is 6.07 Å². The molecule has 2 N–H and O–H groups in total. The smallest absolute Gasteiger partial charge is 0.317 e. The molecular weight excluding hydrogens is 262 g/mol. The minimum Gasteiger partial charge on any atom is -0.481 e. The van der Waals surface area contributed by atoms with Gasteiger partial charge in [-0.25, -0.2) is 4.79 Å². The number of nitrogens with zero attached hydrogens (tertiary/aromatic N) is 2. The zero-order valence-corrected chi connectivity index (χ0v) is 11.3. The average molecular weight is 281 g/mol. The molecule has 7 nitrogen and oxygen atoms in total. The highest BCUT2D eigenvalue weighted by Crippen LogP contribution is 2.37. The van der Waals surface area contributed by atoms with Gasteiger partial charge in [0, 0.05) is 13.1 Å². The van der Waals surface area contributed by atoms with Crippen LogP contribution in [0.1, 0.15) is 25.7 Å². The Morgan fingerprint density at radius 2 is 2.15 bits per heavy atom. The number of hydrogen-bond acceptors (Lipinski definition) is 4. The molecule has 1 heterocycles. The molecule has 0 aromatic heterocycles. The number of nitrogens with one attached hydrogen (secondary N) is 1. The van der Waals surface area contributed by atoms with Gasteiger partial charge in [-0.1, -0.05) is 12.8 Å². The predicted molar refractivity (Wildman–Crippen MR) is 68.9 cm³/mol. The Morgan fingerprint density at radius 1 is 1.45 bits per heavy atom. The third-order valence-corrected chi connectivity index (χ3v) is 4.09. The van der Waals surface area contributed by atoms with Crippen LogP contribution in [0.15, 0.2) is 0 Å². The van der Waals surface area contributed by atoms with Gasteiger partial charge in [-0.3, -0.25) is 4.79 Å². The number of carbonyl (C=O) groups is 2. The van der Waals surface area contributed by atoms with E-state index in [-0.39, 0.29) is 19.1 Å². The maximum absolute atomic E-state index is 12.0. The summed E-state index contributed by atoms with van der Waals surface area (Å²) in [5.41, 5.74) is -0.823. The molecule has 7 heteroatoms. The van der Waals surface area contributed by atoms with Gasteiger partial charge in [0.1, 0.15) is 0 Å². The van der Waals surface area contributed by atoms with Crippen LogP contribution in [-0.4, -0.2) is 54.4 Å². The molecule has 110 valence electrons. The van der Waals surface area contributed by atoms with Crippen molar-refractivity contribution in [3.63, 3.8) is 0 Å². The summed E-state index contributed by atoms with van der Waals surface area (Å²) in [7, 11) is 0. The Labute approximate surface area is 117 Å². The summed E-state index contributed by atoms with van der Waals surface area (Å²) in [5.74, 6) is -0.841. The first kappa shape index (κ1) is 14.6. The van der Waals surface area contributed by atoms with Crippen LogP contribution in [0.5, 0.6) is 0 Å². The van der Waals surface area contributed by atoms with Crippen molar-refractivity contribution in [2.75, 3.05) is 26.2 Å². The topological polar surface area (TPSA) is 103 Å². The maximum Gasteiger partial charge on any atom is 0.317 e. The summed E-state index contributed by atoms with van der Waals surface area (Å²) < 4.78 is 5.17. The molecule has 0 bridgehead atoms. The van der Waals surface area contributed by atoms with E-state index in [1.54, 1.807) is 0 Å². The summed E-state index contributed by atoms with van der Waals surface area (Å²) >= 11 is 0. The van der Waals surface area contributed by atoms with Crippen LogP contribution in [0.3, 0.4) is 0 Å². The van der Waals surface area contributed by atoms with Crippen LogP contribution in [-0.2, 0) is 9.53 Å². The Balaban J connectivity index is 1.88. The molecule has 1 saturated carbocycles. The average Bonchev–Trinajstić information content (AvgIpc) is 2.95. The third-order valence-electron chi connectivity index (χ3n) is 4.09. The minimum absolute atomic E-state index is 0.149. The number of amides is 2. The number of urea groups is 1. The van der Waals surface area contributed by atoms with E-state index >= 15 is 0 Å². The van der Waals surface area contributed by atoms with Crippen LogP contribution >= 0.6 is 0 Å². The Kier molecular flexibility index (Phi) is 4.45. The van der Waals surface area contributed by atoms with Gasteiger partial charge in [0.25, 0.3) is 0 Å². The van der Waals surface area contributed by atoms with Crippen molar-refractivity contribution in [3.8, 4) is 6.07 Å². The largest absolute Gasteiger partial charge is 0.481 e. The lowest BCUT2D eigenvalue weighted by Gasteiger charge is -2.31. The zero-order chi connectivity index (χ0) is 14.6. The number of ether oxygens (including phenoxy) is 1. The van der Waals surface area contributed by atoms with Gasteiger partial charge in [-0.2, -0.15) is 5.26 Å². The van der Waals surface area contributed by atoms with E-state index in [9.17, 15) is 14.7 Å². The second-order valence-electron chi connectivity index (χ2n) is 5.39. The number of morpholine rings is 1. The number of nitriles is 1. The van der Waals surface area contributed by atoms with E-state index in [0.29, 0.717) is 26.0 Å². The van der Waals surface area contributed by atoms with E-state index in [1.165, 1.54) is 4.90 Å². The molecule has 1 saturated heterocycles. The van der Waals surface area contributed by atoms with Crippen LogP contribution in [0.4, 0.5) is 4.79 Å². The summed E-state index contributed by atoms with van der Waals surface area (Å²) in [6, 6.07) is 1.66. The number of carbonyl (C=O) groups excluding carboxylic acids is 1. The lowest BCUT2D eigenvalue weighted by molar-refractivity contribution is -0.148. The van der Waals surface area contributed by atoms with Gasteiger partial charge >= 0.3 is 12.0 Å². The molecule has 0 aromatic carbocycles. The molecule has 2 rings (SSSR count). The molecule has 1 aliphatic heterocycles. The molecule has 20 heavy (non-hydrogen) atoms. The lowest BCUT2D eigenvalue weighted by atomic mass is 9.86. The normalized spacial score (nSPS) is 24.9. The Morgan fingerprint density at radius 3 is 2.75 bits per heavy atom. The van der Waals surface area contributed by atoms with Crippen molar-refractivity contribution in [1.82, 2.24) is 10.2 Å². The summed E-state index contributed by atoms with van der Waals surface area (Å²) in [6.07, 6.45) is 2.38. The quantitative estimate of drug-likeness (QED) is 0.787. The minimum atomic E-state index is -0.841. The molecule has 0 radical (unpaired) electrons. The molecule has 2 fully saturated rings. The number of hydrogen-bond donors (Lipinski definition) is 2. The van der Waals surface area contributed by atoms with Crippen molar-refractivity contribution in [1.29, 1.82) is 5.26 Å². The summed E-state index contributed by atoms with van der Waals surface area (Å²) in [6.45, 7) is 1.12. The number of carboxylic acid groups (broad SMARTS) is 1. The van der Waals surface area contributed by atoms with E-state index in [0.717, 1.165) is 12.8 Å². The first-order valence-electron chi connectivity index (χ1n) is 6.85. The van der Waals surface area contributed by atoms with Gasteiger partial charge in [0.2, 0.25) is 0 Å². The van der Waals surface area contributed by atoms with Gasteiger partial charge in [-0.15, -0.1) is 0 Å². The second-order valence-corrected chi connectivity index (χ2v) is 5.39. The summed E-state index contributed by atoms with van der Waals surface area (Å²) in [5, 5.41) is 20.8. The van der Waals surface area contributed by atoms with Gasteiger partial charge in [-0.05, 0) is 12.8 Å². The molecule has 0 spiro atoms. The second kappa shape index (κ2) is 6.09. The van der Waals surface area contributed by atoms with Crippen LogP contribution in [0.25, 0.3) is 0 Å². The third kappa shape index (κ3) is 3.02. The first-order valence-corrected chi connectivity index (χ1v) is 6.85. The highest BCUT2D eigenvalue weighted by Gasteiger charge is 2.41. The molecule has 2 amide bonds. The number of rotatable bonds is 3. The van der Waals surface area contributed by atoms with Gasteiger partial charge in [0.15, 0.2) is 6.10 Å². The van der Waals surface area contributed by atoms with Crippen LogP contribution in [0.2, 0.25) is 0 Å². The molecule has 0 aromatic rings. The predicted octanol–water partition coefficient (Wildman–Crippen LogP) is 0.565. The molecule has 1 atom stereocenters. The van der Waals surface area contributed by atoms with E-state index < -0.39 is 17.5 Å². The van der Waals surface area contributed by atoms with Crippen LogP contribution in [0, 0.1) is 16.7 Å². The van der Waals surface area contributed by atoms with Crippen molar-refractivity contribution >= 4 is 12.0 Å². The van der Waals surface area contributed by atoms with E-state index in [2.05, 4.69) is 5.32 Å². The number of carboxylic acids is 1. The number of aliphatic carboxylic acids is 1. The Hall–Kier alpha value is -1.81. The monoisotopic (exact) mass is 281 g/mol. The van der Waals surface area contributed by atoms with Crippen molar-refractivity contribution < 1.29 is 19.4 Å². The SMILES string of the molecule is N#CC1CN(C(=O)NCC2(C(=O)O)CCCC2)CCO1. The summed E-state index contributed by atoms with van der Waals surface area (Å²) in [4.78, 5) is 24.9. The zero-order valence-electron chi connectivity index (χ0n) is 11.3. The first-order chi connectivity index (χ1) is 9.57. The van der Waals surface area contributed by atoms with Gasteiger partial charge < -0.3 is 20.1 Å². The van der Waals surface area contributed by atoms with Crippen molar-refractivity contribution in [2.24, 2.45) is 5.41 Å². The van der Waals surface area contributed by atoms with E-state index in [4.69, 9.17) is 10.00 Å². The van der Waals surface area contributed by atoms with Crippen molar-refractivity contribution in [2.45, 2.75) is 31.8 Å². The molecule has 1 aliphatic carbocycles. The standard InChI is InChI=1S/C13H19N3O4/c14-7-10-8-16(5-6-20-10)12(19)15-9-13(11(17)18)3-1-2-4-13/h10H,1-6,8-9H2,(H,15,19)(H,17,18). The van der Waals surface area contributed by atoms with Crippen LogP contribution < -0.4 is 5.32 Å². The fourth-order valence-electron chi connectivity index (χ4n) is 2.79. The van der Waals surface area contributed by atoms with Crippen molar-refractivity contribution in [3.05, 3.63) is 0 Å². The highest BCUT2D eigenvalue weighted by molar-refractivity contribution is 5.78. The van der Waals surface area contributed by atoms with Gasteiger partial charge in [0.05, 0.1) is 24.6 Å². The Bertz CT molecular complexity index is 426.